The van der Waals surface area contributed by atoms with Gasteiger partial charge < -0.3 is 10.2 Å². The maximum atomic E-state index is 4.12. The molecule has 96 valence electrons. The van der Waals surface area contributed by atoms with Crippen molar-refractivity contribution in [1.82, 2.24) is 30.4 Å². The van der Waals surface area contributed by atoms with Gasteiger partial charge in [0.2, 0.25) is 0 Å². The summed E-state index contributed by atoms with van der Waals surface area (Å²) in [5, 5.41) is 15.2. The van der Waals surface area contributed by atoms with Crippen LogP contribution in [0.25, 0.3) is 0 Å². The van der Waals surface area contributed by atoms with Crippen LogP contribution < -0.4 is 5.32 Å². The summed E-state index contributed by atoms with van der Waals surface area (Å²) < 4.78 is 0. The largest absolute Gasteiger partial charge is 0.308 e. The second-order valence-corrected chi connectivity index (χ2v) is 4.79. The zero-order valence-electron chi connectivity index (χ0n) is 10.8. The van der Waals surface area contributed by atoms with E-state index in [-0.39, 0.29) is 0 Å². The number of nitrogens with one attached hydrogen (secondary N) is 1. The maximum absolute atomic E-state index is 4.12. The molecule has 1 aliphatic carbocycles. The lowest BCUT2D eigenvalue weighted by atomic mass is 10.2. The number of rotatable bonds is 6. The third-order valence-electron chi connectivity index (χ3n) is 3.42. The SMILES string of the molecule is CN(CCNCc1nnn(C)n1)C1CCCC1. The van der Waals surface area contributed by atoms with Crippen LogP contribution in [0.2, 0.25) is 0 Å². The molecule has 1 N–H and O–H groups in total. The highest BCUT2D eigenvalue weighted by Crippen LogP contribution is 2.21. The van der Waals surface area contributed by atoms with Gasteiger partial charge in [-0.15, -0.1) is 10.2 Å². The van der Waals surface area contributed by atoms with Gasteiger partial charge in [0.1, 0.15) is 0 Å². The molecule has 0 saturated heterocycles. The predicted octanol–water partition coefficient (Wildman–Crippen LogP) is 0.174. The summed E-state index contributed by atoms with van der Waals surface area (Å²) in [5.74, 6) is 0.760. The zero-order valence-corrected chi connectivity index (χ0v) is 10.8. The second kappa shape index (κ2) is 6.07. The van der Waals surface area contributed by atoms with Gasteiger partial charge >= 0.3 is 0 Å². The van der Waals surface area contributed by atoms with E-state index in [4.69, 9.17) is 0 Å². The van der Waals surface area contributed by atoms with E-state index in [9.17, 15) is 0 Å². The number of tetrazole rings is 1. The van der Waals surface area contributed by atoms with Gasteiger partial charge in [-0.3, -0.25) is 0 Å². The molecule has 1 aliphatic rings. The van der Waals surface area contributed by atoms with Gasteiger partial charge in [0.15, 0.2) is 5.82 Å². The third-order valence-corrected chi connectivity index (χ3v) is 3.42. The number of aryl methyl sites for hydroxylation is 1. The molecule has 0 unspecified atom stereocenters. The Bertz CT molecular complexity index is 330. The summed E-state index contributed by atoms with van der Waals surface area (Å²) in [5.41, 5.74) is 0. The minimum Gasteiger partial charge on any atom is -0.308 e. The Balaban J connectivity index is 1.59. The first-order valence-corrected chi connectivity index (χ1v) is 6.39. The molecule has 1 saturated carbocycles. The molecule has 6 heteroatoms. The molecule has 0 aliphatic heterocycles. The van der Waals surface area contributed by atoms with E-state index in [1.165, 1.54) is 30.5 Å². The van der Waals surface area contributed by atoms with Crippen LogP contribution in [0.4, 0.5) is 0 Å². The van der Waals surface area contributed by atoms with Crippen molar-refractivity contribution in [2.75, 3.05) is 20.1 Å². The average Bonchev–Trinajstić information content (AvgIpc) is 2.95. The lowest BCUT2D eigenvalue weighted by Gasteiger charge is -2.23. The van der Waals surface area contributed by atoms with Gasteiger partial charge in [0.25, 0.3) is 0 Å². The monoisotopic (exact) mass is 238 g/mol. The van der Waals surface area contributed by atoms with E-state index >= 15 is 0 Å². The quantitative estimate of drug-likeness (QED) is 0.716. The minimum atomic E-state index is 0.701. The minimum absolute atomic E-state index is 0.701. The van der Waals surface area contributed by atoms with Crippen molar-refractivity contribution in [3.63, 3.8) is 0 Å². The summed E-state index contributed by atoms with van der Waals surface area (Å²) >= 11 is 0. The van der Waals surface area contributed by atoms with E-state index in [0.29, 0.717) is 6.54 Å². The molecule has 0 spiro atoms. The average molecular weight is 238 g/mol. The molecule has 0 aromatic carbocycles. The topological polar surface area (TPSA) is 58.9 Å². The number of aromatic nitrogens is 4. The number of nitrogens with zero attached hydrogens (tertiary/aromatic N) is 5. The van der Waals surface area contributed by atoms with E-state index in [1.807, 2.05) is 0 Å². The van der Waals surface area contributed by atoms with Crippen LogP contribution in [0.1, 0.15) is 31.5 Å². The summed E-state index contributed by atoms with van der Waals surface area (Å²) in [6.45, 7) is 2.77. The van der Waals surface area contributed by atoms with Crippen molar-refractivity contribution >= 4 is 0 Å². The van der Waals surface area contributed by atoms with Crippen LogP contribution in [-0.4, -0.2) is 51.3 Å². The molecule has 17 heavy (non-hydrogen) atoms. The Morgan fingerprint density at radius 1 is 1.41 bits per heavy atom. The fourth-order valence-electron chi connectivity index (χ4n) is 2.38. The summed E-state index contributed by atoms with van der Waals surface area (Å²) in [6.07, 6.45) is 5.52. The molecule has 2 rings (SSSR count). The first kappa shape index (κ1) is 12.4. The molecule has 0 amide bonds. The van der Waals surface area contributed by atoms with Gasteiger partial charge in [0, 0.05) is 19.1 Å². The molecule has 1 aromatic heterocycles. The van der Waals surface area contributed by atoms with Crippen LogP contribution in [0.15, 0.2) is 0 Å². The van der Waals surface area contributed by atoms with Crippen molar-refractivity contribution < 1.29 is 0 Å². The Kier molecular flexibility index (Phi) is 4.44. The third kappa shape index (κ3) is 3.74. The summed E-state index contributed by atoms with van der Waals surface area (Å²) in [4.78, 5) is 3.95. The summed E-state index contributed by atoms with van der Waals surface area (Å²) in [7, 11) is 4.00. The van der Waals surface area contributed by atoms with Crippen LogP contribution in [0, 0.1) is 0 Å². The van der Waals surface area contributed by atoms with E-state index in [2.05, 4.69) is 32.7 Å². The van der Waals surface area contributed by atoms with Crippen molar-refractivity contribution in [3.05, 3.63) is 5.82 Å². The number of hydrogen-bond donors (Lipinski definition) is 1. The smallest absolute Gasteiger partial charge is 0.188 e. The molecule has 1 fully saturated rings. The Morgan fingerprint density at radius 2 is 2.18 bits per heavy atom. The normalized spacial score (nSPS) is 17.1. The van der Waals surface area contributed by atoms with Gasteiger partial charge in [-0.1, -0.05) is 12.8 Å². The molecule has 0 bridgehead atoms. The number of hydrogen-bond acceptors (Lipinski definition) is 5. The van der Waals surface area contributed by atoms with E-state index < -0.39 is 0 Å². The van der Waals surface area contributed by atoms with Gasteiger partial charge in [0.05, 0.1) is 13.6 Å². The van der Waals surface area contributed by atoms with Gasteiger partial charge in [-0.2, -0.15) is 4.80 Å². The molecule has 1 heterocycles. The lowest BCUT2D eigenvalue weighted by molar-refractivity contribution is 0.245. The van der Waals surface area contributed by atoms with E-state index in [1.54, 1.807) is 7.05 Å². The van der Waals surface area contributed by atoms with Gasteiger partial charge in [-0.25, -0.2) is 0 Å². The molecular formula is C11H22N6. The standard InChI is InChI=1S/C11H22N6/c1-16(10-5-3-4-6-10)8-7-12-9-11-13-15-17(2)14-11/h10,12H,3-9H2,1-2H3. The van der Waals surface area contributed by atoms with Crippen LogP contribution in [-0.2, 0) is 13.6 Å². The highest BCUT2D eigenvalue weighted by atomic mass is 15.6. The fraction of sp³-hybridized carbons (Fsp3) is 0.909. The highest BCUT2D eigenvalue weighted by molar-refractivity contribution is 4.77. The molecular weight excluding hydrogens is 216 g/mol. The lowest BCUT2D eigenvalue weighted by Crippen LogP contribution is -2.35. The van der Waals surface area contributed by atoms with Crippen LogP contribution in [0.3, 0.4) is 0 Å². The molecule has 0 radical (unpaired) electrons. The maximum Gasteiger partial charge on any atom is 0.188 e. The van der Waals surface area contributed by atoms with Gasteiger partial charge in [-0.05, 0) is 25.1 Å². The van der Waals surface area contributed by atoms with Crippen LogP contribution in [0.5, 0.6) is 0 Å². The summed E-state index contributed by atoms with van der Waals surface area (Å²) in [6, 6.07) is 0.798. The predicted molar refractivity (Wildman–Crippen MR) is 65.4 cm³/mol. The molecule has 1 aromatic rings. The van der Waals surface area contributed by atoms with Crippen molar-refractivity contribution in [3.8, 4) is 0 Å². The number of likely N-dealkylation sites (N-methyl/N-ethyl adjacent to an activating group) is 1. The highest BCUT2D eigenvalue weighted by Gasteiger charge is 2.18. The first-order valence-electron chi connectivity index (χ1n) is 6.39. The zero-order chi connectivity index (χ0) is 12.1. The molecule has 6 nitrogen and oxygen atoms in total. The first-order chi connectivity index (χ1) is 8.25. The Labute approximate surface area is 102 Å². The van der Waals surface area contributed by atoms with Crippen molar-refractivity contribution in [1.29, 1.82) is 0 Å². The Morgan fingerprint density at radius 3 is 2.82 bits per heavy atom. The second-order valence-electron chi connectivity index (χ2n) is 4.79. The van der Waals surface area contributed by atoms with Crippen LogP contribution >= 0.6 is 0 Å². The Hall–Kier alpha value is -1.01. The van der Waals surface area contributed by atoms with Crippen molar-refractivity contribution in [2.45, 2.75) is 38.3 Å². The fourth-order valence-corrected chi connectivity index (χ4v) is 2.38. The molecule has 0 atom stereocenters. The van der Waals surface area contributed by atoms with E-state index in [0.717, 1.165) is 25.0 Å². The van der Waals surface area contributed by atoms with Crippen molar-refractivity contribution in [2.24, 2.45) is 7.05 Å².